The molecule has 2 heterocycles. The Labute approximate surface area is 206 Å². The summed E-state index contributed by atoms with van der Waals surface area (Å²) in [5.41, 5.74) is 3.58. The van der Waals surface area contributed by atoms with Gasteiger partial charge in [-0.05, 0) is 74.4 Å². The number of rotatable bonds is 7. The fourth-order valence-corrected chi connectivity index (χ4v) is 3.80. The summed E-state index contributed by atoms with van der Waals surface area (Å²) in [5, 5.41) is 8.33. The van der Waals surface area contributed by atoms with Gasteiger partial charge in [-0.2, -0.15) is 5.10 Å². The molecule has 0 aliphatic rings. The summed E-state index contributed by atoms with van der Waals surface area (Å²) in [6.45, 7) is 6.03. The third kappa shape index (κ3) is 5.26. The second kappa shape index (κ2) is 9.91. The highest BCUT2D eigenvalue weighted by Gasteiger charge is 2.18. The monoisotopic (exact) mass is 501 g/mol. The van der Waals surface area contributed by atoms with Crippen molar-refractivity contribution in [2.24, 2.45) is 0 Å². The van der Waals surface area contributed by atoms with E-state index in [0.717, 1.165) is 16.8 Å². The molecule has 0 aliphatic carbocycles. The Morgan fingerprint density at radius 1 is 1.09 bits per heavy atom. The lowest BCUT2D eigenvalue weighted by Gasteiger charge is -2.08. The highest BCUT2D eigenvalue weighted by atomic mass is 35.5. The van der Waals surface area contributed by atoms with E-state index in [-0.39, 0.29) is 12.4 Å². The highest BCUT2D eigenvalue weighted by molar-refractivity contribution is 6.31. The quantitative estimate of drug-likeness (QED) is 0.304. The zero-order chi connectivity index (χ0) is 24.4. The van der Waals surface area contributed by atoms with Crippen molar-refractivity contribution in [2.75, 3.05) is 5.32 Å². The van der Waals surface area contributed by atoms with Gasteiger partial charge in [0, 0.05) is 10.0 Å². The minimum atomic E-state index is -0.404. The van der Waals surface area contributed by atoms with Crippen LogP contribution in [0.4, 0.5) is 10.1 Å². The molecule has 1 N–H and O–H groups in total. The van der Waals surface area contributed by atoms with E-state index in [9.17, 15) is 9.18 Å². The van der Waals surface area contributed by atoms with E-state index < -0.39 is 11.7 Å². The molecule has 4 rings (SSSR count). The van der Waals surface area contributed by atoms with E-state index >= 15 is 0 Å². The Balaban J connectivity index is 1.42. The van der Waals surface area contributed by atoms with E-state index in [4.69, 9.17) is 32.4 Å². The number of anilines is 1. The minimum Gasteiger partial charge on any atom is -0.486 e. The van der Waals surface area contributed by atoms with Crippen LogP contribution in [-0.4, -0.2) is 15.7 Å². The maximum Gasteiger partial charge on any atom is 0.291 e. The molecule has 1 amide bonds. The number of carbonyl (C=O) groups excluding carboxylic acids is 1. The normalized spacial score (nSPS) is 11.0. The molecule has 0 spiro atoms. The van der Waals surface area contributed by atoms with E-state index in [1.165, 1.54) is 12.1 Å². The lowest BCUT2D eigenvalue weighted by molar-refractivity contribution is 0.0992. The third-order valence-corrected chi connectivity index (χ3v) is 6.13. The van der Waals surface area contributed by atoms with Crippen LogP contribution in [0.2, 0.25) is 10.0 Å². The lowest BCUT2D eigenvalue weighted by Crippen LogP contribution is -2.12. The van der Waals surface area contributed by atoms with E-state index in [2.05, 4.69) is 10.4 Å². The van der Waals surface area contributed by atoms with Gasteiger partial charge in [0.05, 0.1) is 23.6 Å². The van der Waals surface area contributed by atoms with Crippen molar-refractivity contribution in [3.8, 4) is 5.75 Å². The lowest BCUT2D eigenvalue weighted by atomic mass is 10.2. The second-order valence-corrected chi connectivity index (χ2v) is 8.67. The van der Waals surface area contributed by atoms with Gasteiger partial charge in [0.2, 0.25) is 0 Å². The summed E-state index contributed by atoms with van der Waals surface area (Å²) in [6, 6.07) is 12.9. The molecular formula is C25H22Cl2FN3O3. The van der Waals surface area contributed by atoms with Gasteiger partial charge in [0.1, 0.15) is 23.9 Å². The van der Waals surface area contributed by atoms with Crippen molar-refractivity contribution in [3.63, 3.8) is 0 Å². The largest absolute Gasteiger partial charge is 0.486 e. The molecule has 0 radical (unpaired) electrons. The van der Waals surface area contributed by atoms with Crippen LogP contribution >= 0.6 is 23.2 Å². The van der Waals surface area contributed by atoms with Crippen molar-refractivity contribution < 1.29 is 18.3 Å². The maximum absolute atomic E-state index is 13.3. The number of hydrogen-bond donors (Lipinski definition) is 1. The molecular weight excluding hydrogens is 480 g/mol. The average molecular weight is 502 g/mol. The molecule has 0 fully saturated rings. The Bertz CT molecular complexity index is 1360. The zero-order valence-electron chi connectivity index (χ0n) is 18.8. The third-order valence-electron chi connectivity index (χ3n) is 5.35. The predicted molar refractivity (Wildman–Crippen MR) is 129 cm³/mol. The maximum atomic E-state index is 13.3. The van der Waals surface area contributed by atoms with Crippen molar-refractivity contribution in [1.29, 1.82) is 0 Å². The second-order valence-electron chi connectivity index (χ2n) is 7.86. The predicted octanol–water partition coefficient (Wildman–Crippen LogP) is 6.73. The number of hydrogen-bond acceptors (Lipinski definition) is 4. The molecule has 0 bridgehead atoms. The molecule has 0 aliphatic heterocycles. The van der Waals surface area contributed by atoms with Crippen molar-refractivity contribution >= 4 is 34.8 Å². The van der Waals surface area contributed by atoms with E-state index in [0.29, 0.717) is 39.5 Å². The molecule has 2 aromatic carbocycles. The molecule has 0 saturated carbocycles. The summed E-state index contributed by atoms with van der Waals surface area (Å²) >= 11 is 12.2. The van der Waals surface area contributed by atoms with Gasteiger partial charge in [0.15, 0.2) is 5.76 Å². The summed E-state index contributed by atoms with van der Waals surface area (Å²) in [5.74, 6) is 0.511. The van der Waals surface area contributed by atoms with Crippen LogP contribution in [0.1, 0.15) is 38.8 Å². The van der Waals surface area contributed by atoms with Crippen LogP contribution in [0.25, 0.3) is 0 Å². The number of carbonyl (C=O) groups is 1. The first-order valence-corrected chi connectivity index (χ1v) is 11.2. The number of furan rings is 1. The zero-order valence-corrected chi connectivity index (χ0v) is 20.3. The summed E-state index contributed by atoms with van der Waals surface area (Å²) < 4.78 is 26.4. The number of ether oxygens (including phenoxy) is 1. The van der Waals surface area contributed by atoms with Gasteiger partial charge in [0.25, 0.3) is 5.91 Å². The van der Waals surface area contributed by atoms with Crippen molar-refractivity contribution in [3.05, 3.63) is 98.4 Å². The molecule has 6 nitrogen and oxygen atoms in total. The van der Waals surface area contributed by atoms with Gasteiger partial charge < -0.3 is 14.5 Å². The van der Waals surface area contributed by atoms with Crippen LogP contribution in [0.3, 0.4) is 0 Å². The molecule has 0 saturated heterocycles. The number of nitrogens with zero attached hydrogens (tertiary/aromatic N) is 2. The first kappa shape index (κ1) is 23.9. The molecule has 176 valence electrons. The average Bonchev–Trinajstić information content (AvgIpc) is 3.37. The number of aromatic nitrogens is 2. The van der Waals surface area contributed by atoms with E-state index in [1.54, 1.807) is 41.9 Å². The minimum absolute atomic E-state index is 0.152. The number of benzene rings is 2. The topological polar surface area (TPSA) is 69.3 Å². The standard InChI is InChI=1S/C25H22Cl2FN3O3/c1-14-10-19(6-8-21(14)26)33-13-20-7-9-23(34-20)25(32)29-24-15(2)30-31(16(24)3)12-17-4-5-18(28)11-22(17)27/h4-11H,12-13H2,1-3H3,(H,29,32). The Hall–Kier alpha value is -3.29. The Morgan fingerprint density at radius 3 is 2.62 bits per heavy atom. The van der Waals surface area contributed by atoms with Crippen LogP contribution in [-0.2, 0) is 13.2 Å². The van der Waals surface area contributed by atoms with Gasteiger partial charge in [-0.15, -0.1) is 0 Å². The van der Waals surface area contributed by atoms with Crippen LogP contribution < -0.4 is 10.1 Å². The number of halogens is 3. The molecule has 0 atom stereocenters. The Kier molecular flexibility index (Phi) is 6.95. The smallest absolute Gasteiger partial charge is 0.291 e. The number of nitrogens with one attached hydrogen (secondary N) is 1. The fourth-order valence-electron chi connectivity index (χ4n) is 3.46. The molecule has 9 heteroatoms. The first-order chi connectivity index (χ1) is 16.2. The molecule has 0 unspecified atom stereocenters. The fraction of sp³-hybridized carbons (Fsp3) is 0.200. The summed E-state index contributed by atoms with van der Waals surface area (Å²) in [4.78, 5) is 12.8. The molecule has 4 aromatic rings. The summed E-state index contributed by atoms with van der Waals surface area (Å²) in [7, 11) is 0. The van der Waals surface area contributed by atoms with Gasteiger partial charge in [-0.25, -0.2) is 4.39 Å². The SMILES string of the molecule is Cc1cc(OCc2ccc(C(=O)Nc3c(C)nn(Cc4ccc(F)cc4Cl)c3C)o2)ccc1Cl. The van der Waals surface area contributed by atoms with Crippen LogP contribution in [0.5, 0.6) is 5.75 Å². The highest BCUT2D eigenvalue weighted by Crippen LogP contribution is 2.25. The van der Waals surface area contributed by atoms with Crippen molar-refractivity contribution in [2.45, 2.75) is 33.9 Å². The van der Waals surface area contributed by atoms with Crippen LogP contribution in [0, 0.1) is 26.6 Å². The van der Waals surface area contributed by atoms with Gasteiger partial charge >= 0.3 is 0 Å². The van der Waals surface area contributed by atoms with Gasteiger partial charge in [-0.3, -0.25) is 9.48 Å². The summed E-state index contributed by atoms with van der Waals surface area (Å²) in [6.07, 6.45) is 0. The van der Waals surface area contributed by atoms with Crippen molar-refractivity contribution in [1.82, 2.24) is 9.78 Å². The van der Waals surface area contributed by atoms with Crippen LogP contribution in [0.15, 0.2) is 52.9 Å². The molecule has 34 heavy (non-hydrogen) atoms. The number of amides is 1. The van der Waals surface area contributed by atoms with Gasteiger partial charge in [-0.1, -0.05) is 29.3 Å². The van der Waals surface area contributed by atoms with E-state index in [1.807, 2.05) is 19.9 Å². The Morgan fingerprint density at radius 2 is 1.88 bits per heavy atom. The number of aryl methyl sites for hydroxylation is 2. The first-order valence-electron chi connectivity index (χ1n) is 10.5. The molecule has 2 aromatic heterocycles.